The molecule has 0 spiro atoms. The average molecular weight is 337 g/mol. The topological polar surface area (TPSA) is 58.3 Å². The highest BCUT2D eigenvalue weighted by atomic mass is 32.1. The van der Waals surface area contributed by atoms with Gasteiger partial charge in [0.1, 0.15) is 5.82 Å². The van der Waals surface area contributed by atoms with Crippen LogP contribution in [0.1, 0.15) is 0 Å². The minimum absolute atomic E-state index is 0.335. The molecule has 1 aromatic carbocycles. The third kappa shape index (κ3) is 3.05. The van der Waals surface area contributed by atoms with Gasteiger partial charge in [-0.25, -0.2) is 4.98 Å². The molecular weight excluding hydrogens is 318 g/mol. The fraction of sp³-hybridized carbons (Fsp3) is 0.222. The normalized spacial score (nSPS) is 14.8. The number of hydrogen-bond donors (Lipinski definition) is 1. The maximum Gasteiger partial charge on any atom is 0.222 e. The van der Waals surface area contributed by atoms with Gasteiger partial charge in [-0.15, -0.1) is 11.3 Å². The summed E-state index contributed by atoms with van der Waals surface area (Å²) < 4.78 is 0. The first-order chi connectivity index (χ1) is 11.8. The second-order valence-electron chi connectivity index (χ2n) is 5.76. The molecule has 5 nitrogen and oxygen atoms in total. The quantitative estimate of drug-likeness (QED) is 0.796. The largest absolute Gasteiger partial charge is 0.368 e. The molecule has 0 radical (unpaired) electrons. The number of nitrogen functional groups attached to an aromatic ring is 1. The van der Waals surface area contributed by atoms with Crippen molar-refractivity contribution in [3.05, 3.63) is 53.9 Å². The van der Waals surface area contributed by atoms with Crippen LogP contribution in [0, 0.1) is 0 Å². The van der Waals surface area contributed by atoms with E-state index in [0.717, 1.165) is 42.6 Å². The Balaban J connectivity index is 1.51. The first-order valence-electron chi connectivity index (χ1n) is 8.03. The molecule has 2 N–H and O–H groups in total. The van der Waals surface area contributed by atoms with E-state index in [-0.39, 0.29) is 0 Å². The predicted octanol–water partition coefficient (Wildman–Crippen LogP) is 3.11. The highest BCUT2D eigenvalue weighted by Gasteiger charge is 2.19. The SMILES string of the molecule is Nc1nc(-c2cccs2)cc(N2CCN(c3ccccc3)CC2)n1. The molecule has 0 unspecified atom stereocenters. The molecule has 122 valence electrons. The van der Waals surface area contributed by atoms with Crippen molar-refractivity contribution in [3.63, 3.8) is 0 Å². The summed E-state index contributed by atoms with van der Waals surface area (Å²) in [5, 5.41) is 2.05. The number of nitrogens with zero attached hydrogens (tertiary/aromatic N) is 4. The summed E-state index contributed by atoms with van der Waals surface area (Å²) in [5.74, 6) is 1.25. The molecule has 3 heterocycles. The number of benzene rings is 1. The number of rotatable bonds is 3. The van der Waals surface area contributed by atoms with Gasteiger partial charge >= 0.3 is 0 Å². The van der Waals surface area contributed by atoms with Crippen molar-refractivity contribution in [1.29, 1.82) is 0 Å². The molecule has 1 aliphatic rings. The van der Waals surface area contributed by atoms with Gasteiger partial charge in [0.05, 0.1) is 10.6 Å². The van der Waals surface area contributed by atoms with Crippen LogP contribution < -0.4 is 15.5 Å². The summed E-state index contributed by atoms with van der Waals surface area (Å²) in [7, 11) is 0. The predicted molar refractivity (Wildman–Crippen MR) is 101 cm³/mol. The lowest BCUT2D eigenvalue weighted by Crippen LogP contribution is -2.46. The van der Waals surface area contributed by atoms with Gasteiger partial charge in [-0.3, -0.25) is 0 Å². The van der Waals surface area contributed by atoms with E-state index in [2.05, 4.69) is 56.2 Å². The lowest BCUT2D eigenvalue weighted by atomic mass is 10.2. The number of thiophene rings is 1. The van der Waals surface area contributed by atoms with E-state index >= 15 is 0 Å². The molecule has 24 heavy (non-hydrogen) atoms. The molecule has 0 saturated carbocycles. The molecule has 0 bridgehead atoms. The Bertz CT molecular complexity index is 796. The first kappa shape index (κ1) is 15.0. The van der Waals surface area contributed by atoms with Gasteiger partial charge < -0.3 is 15.5 Å². The summed E-state index contributed by atoms with van der Waals surface area (Å²) in [6.07, 6.45) is 0. The van der Waals surface area contributed by atoms with Crippen LogP contribution in [0.2, 0.25) is 0 Å². The molecule has 2 aromatic heterocycles. The minimum Gasteiger partial charge on any atom is -0.368 e. The Morgan fingerprint density at radius 2 is 1.62 bits per heavy atom. The van der Waals surface area contributed by atoms with E-state index in [1.807, 2.05) is 17.5 Å². The summed E-state index contributed by atoms with van der Waals surface area (Å²) in [5.41, 5.74) is 8.11. The molecule has 1 aliphatic heterocycles. The third-order valence-corrected chi connectivity index (χ3v) is 5.12. The van der Waals surface area contributed by atoms with Crippen LogP contribution in [0.25, 0.3) is 10.6 Å². The van der Waals surface area contributed by atoms with E-state index in [9.17, 15) is 0 Å². The standard InChI is InChI=1S/C18H19N5S/c19-18-20-15(16-7-4-12-24-16)13-17(21-18)23-10-8-22(9-11-23)14-5-2-1-3-6-14/h1-7,12-13H,8-11H2,(H2,19,20,21). The highest BCUT2D eigenvalue weighted by molar-refractivity contribution is 7.13. The summed E-state index contributed by atoms with van der Waals surface area (Å²) >= 11 is 1.67. The second kappa shape index (κ2) is 6.49. The Morgan fingerprint density at radius 3 is 2.33 bits per heavy atom. The summed E-state index contributed by atoms with van der Waals surface area (Å²) in [6, 6.07) is 16.7. The smallest absolute Gasteiger partial charge is 0.222 e. The molecule has 0 aliphatic carbocycles. The lowest BCUT2D eigenvalue weighted by molar-refractivity contribution is 0.647. The van der Waals surface area contributed by atoms with E-state index in [0.29, 0.717) is 5.95 Å². The van der Waals surface area contributed by atoms with Crippen molar-refractivity contribution in [1.82, 2.24) is 9.97 Å². The van der Waals surface area contributed by atoms with Gasteiger partial charge in [-0.05, 0) is 23.6 Å². The summed E-state index contributed by atoms with van der Waals surface area (Å²) in [6.45, 7) is 3.80. The van der Waals surface area contributed by atoms with Crippen molar-refractivity contribution in [3.8, 4) is 10.6 Å². The Hall–Kier alpha value is -2.60. The maximum absolute atomic E-state index is 5.94. The van der Waals surface area contributed by atoms with Crippen LogP contribution in [0.5, 0.6) is 0 Å². The van der Waals surface area contributed by atoms with Crippen molar-refractivity contribution in [2.24, 2.45) is 0 Å². The van der Waals surface area contributed by atoms with Gasteiger partial charge in [0.15, 0.2) is 0 Å². The lowest BCUT2D eigenvalue weighted by Gasteiger charge is -2.36. The fourth-order valence-electron chi connectivity index (χ4n) is 3.00. The summed E-state index contributed by atoms with van der Waals surface area (Å²) in [4.78, 5) is 14.6. The number of anilines is 3. The van der Waals surface area contributed by atoms with E-state index in [1.54, 1.807) is 11.3 Å². The van der Waals surface area contributed by atoms with Crippen LogP contribution in [-0.2, 0) is 0 Å². The molecule has 0 amide bonds. The van der Waals surface area contributed by atoms with E-state index in [4.69, 9.17) is 5.73 Å². The molecule has 4 rings (SSSR count). The minimum atomic E-state index is 0.335. The average Bonchev–Trinajstić information content (AvgIpc) is 3.17. The van der Waals surface area contributed by atoms with Crippen LogP contribution in [-0.4, -0.2) is 36.1 Å². The highest BCUT2D eigenvalue weighted by Crippen LogP contribution is 2.27. The van der Waals surface area contributed by atoms with Gasteiger partial charge in [-0.1, -0.05) is 24.3 Å². The van der Waals surface area contributed by atoms with Crippen LogP contribution in [0.15, 0.2) is 53.9 Å². The molecular formula is C18H19N5S. The van der Waals surface area contributed by atoms with Crippen molar-refractivity contribution in [2.75, 3.05) is 41.7 Å². The van der Waals surface area contributed by atoms with Crippen molar-refractivity contribution >= 4 is 28.8 Å². The van der Waals surface area contributed by atoms with Crippen molar-refractivity contribution in [2.45, 2.75) is 0 Å². The molecule has 3 aromatic rings. The number of hydrogen-bond acceptors (Lipinski definition) is 6. The molecule has 1 saturated heterocycles. The molecule has 1 fully saturated rings. The van der Waals surface area contributed by atoms with E-state index in [1.165, 1.54) is 5.69 Å². The van der Waals surface area contributed by atoms with Gasteiger partial charge in [0.25, 0.3) is 0 Å². The monoisotopic (exact) mass is 337 g/mol. The Morgan fingerprint density at radius 1 is 0.875 bits per heavy atom. The fourth-order valence-corrected chi connectivity index (χ4v) is 3.68. The first-order valence-corrected chi connectivity index (χ1v) is 8.91. The number of nitrogens with two attached hydrogens (primary N) is 1. The van der Waals surface area contributed by atoms with Crippen molar-refractivity contribution < 1.29 is 0 Å². The third-order valence-electron chi connectivity index (χ3n) is 4.23. The number of piperazine rings is 1. The van der Waals surface area contributed by atoms with Gasteiger partial charge in [0.2, 0.25) is 5.95 Å². The number of aromatic nitrogens is 2. The van der Waals surface area contributed by atoms with Crippen LogP contribution >= 0.6 is 11.3 Å². The Labute approximate surface area is 145 Å². The van der Waals surface area contributed by atoms with E-state index < -0.39 is 0 Å². The zero-order valence-corrected chi connectivity index (χ0v) is 14.1. The number of para-hydroxylation sites is 1. The molecule has 6 heteroatoms. The maximum atomic E-state index is 5.94. The molecule has 0 atom stereocenters. The van der Waals surface area contributed by atoms with Gasteiger partial charge in [0, 0.05) is 37.9 Å². The van der Waals surface area contributed by atoms with Crippen LogP contribution in [0.3, 0.4) is 0 Å². The zero-order valence-electron chi connectivity index (χ0n) is 13.3. The second-order valence-corrected chi connectivity index (χ2v) is 6.70. The van der Waals surface area contributed by atoms with Gasteiger partial charge in [-0.2, -0.15) is 4.98 Å². The Kier molecular flexibility index (Phi) is 4.04. The van der Waals surface area contributed by atoms with Crippen LogP contribution in [0.4, 0.5) is 17.5 Å². The zero-order chi connectivity index (χ0) is 16.4.